The lowest BCUT2D eigenvalue weighted by Crippen LogP contribution is -2.17. The van der Waals surface area contributed by atoms with Crippen LogP contribution in [-0.4, -0.2) is 29.9 Å². The van der Waals surface area contributed by atoms with Crippen molar-refractivity contribution >= 4 is 33.1 Å². The minimum Gasteiger partial charge on any atom is -0.399 e. The van der Waals surface area contributed by atoms with Crippen LogP contribution in [0.1, 0.15) is 26.4 Å². The van der Waals surface area contributed by atoms with Crippen LogP contribution in [0.4, 0.5) is 11.4 Å². The third kappa shape index (κ3) is 5.33. The molecule has 0 saturated carbocycles. The molecule has 0 aliphatic rings. The van der Waals surface area contributed by atoms with Crippen LogP contribution in [0.15, 0.2) is 114 Å². The summed E-state index contributed by atoms with van der Waals surface area (Å²) in [5.41, 5.74) is 8.86. The Morgan fingerprint density at radius 2 is 1.44 bits per heavy atom. The molecule has 5 N–H and O–H groups in total. The van der Waals surface area contributed by atoms with Gasteiger partial charge in [0.2, 0.25) is 10.0 Å². The van der Waals surface area contributed by atoms with Gasteiger partial charge in [0.15, 0.2) is 11.5 Å². The van der Waals surface area contributed by atoms with Crippen molar-refractivity contribution in [2.24, 2.45) is 5.14 Å². The van der Waals surface area contributed by atoms with E-state index in [1.165, 1.54) is 28.9 Å². The lowest BCUT2D eigenvalue weighted by atomic mass is 9.97. The number of hydrogen-bond acceptors (Lipinski definition) is 6. The summed E-state index contributed by atoms with van der Waals surface area (Å²) < 4.78 is 24.7. The summed E-state index contributed by atoms with van der Waals surface area (Å²) in [5, 5.41) is 12.5. The number of anilines is 2. The normalized spacial score (nSPS) is 11.2. The minimum absolute atomic E-state index is 0.0993. The molecule has 0 aliphatic carbocycles. The second kappa shape index (κ2) is 10.4. The number of nitrogens with one attached hydrogen (secondary N) is 1. The molecule has 39 heavy (non-hydrogen) atoms. The quantitative estimate of drug-likeness (QED) is 0.209. The Hall–Kier alpha value is -5.06. The van der Waals surface area contributed by atoms with E-state index in [0.29, 0.717) is 33.9 Å². The Morgan fingerprint density at radius 1 is 0.795 bits per heavy atom. The number of rotatable bonds is 7. The molecule has 0 spiro atoms. The van der Waals surface area contributed by atoms with Gasteiger partial charge in [0.25, 0.3) is 5.91 Å². The molecular weight excluding hydrogens is 514 g/mol. The highest BCUT2D eigenvalue weighted by Gasteiger charge is 2.30. The van der Waals surface area contributed by atoms with Crippen molar-refractivity contribution in [3.05, 3.63) is 126 Å². The predicted octanol–water partition coefficient (Wildman–Crippen LogP) is 4.25. The Morgan fingerprint density at radius 3 is 2.05 bits per heavy atom. The molecular formula is C29H23N5O4S. The van der Waals surface area contributed by atoms with E-state index in [0.717, 1.165) is 0 Å². The fourth-order valence-electron chi connectivity index (χ4n) is 4.15. The number of benzene rings is 4. The van der Waals surface area contributed by atoms with Crippen molar-refractivity contribution in [1.82, 2.24) is 9.78 Å². The first kappa shape index (κ1) is 25.6. The van der Waals surface area contributed by atoms with Gasteiger partial charge in [-0.15, -0.1) is 0 Å². The molecule has 5 rings (SSSR count). The number of hydrogen-bond donors (Lipinski definition) is 3. The van der Waals surface area contributed by atoms with Crippen molar-refractivity contribution in [2.75, 3.05) is 11.1 Å². The third-order valence-corrected chi connectivity index (χ3v) is 6.90. The van der Waals surface area contributed by atoms with Crippen LogP contribution in [-0.2, 0) is 10.0 Å². The maximum atomic E-state index is 13.9. The molecule has 9 nitrogen and oxygen atoms in total. The number of ketones is 1. The van der Waals surface area contributed by atoms with Crippen LogP contribution in [0.25, 0.3) is 16.9 Å². The molecule has 1 heterocycles. The summed E-state index contributed by atoms with van der Waals surface area (Å²) in [6.07, 6.45) is 0. The van der Waals surface area contributed by atoms with Gasteiger partial charge in [-0.2, -0.15) is 5.10 Å². The molecule has 1 aromatic heterocycles. The van der Waals surface area contributed by atoms with Gasteiger partial charge >= 0.3 is 0 Å². The van der Waals surface area contributed by atoms with Gasteiger partial charge in [-0.3, -0.25) is 9.59 Å². The summed E-state index contributed by atoms with van der Waals surface area (Å²) in [6, 6.07) is 30.1. The Balaban J connectivity index is 1.70. The summed E-state index contributed by atoms with van der Waals surface area (Å²) >= 11 is 0. The number of primary sulfonamides is 1. The van der Waals surface area contributed by atoms with Crippen molar-refractivity contribution in [2.45, 2.75) is 4.90 Å². The summed E-state index contributed by atoms with van der Waals surface area (Å²) in [5.74, 6) is -1.04. The first-order valence-electron chi connectivity index (χ1n) is 11.8. The number of amides is 1. The van der Waals surface area contributed by atoms with Crippen LogP contribution in [0.2, 0.25) is 0 Å². The van der Waals surface area contributed by atoms with Gasteiger partial charge in [0.1, 0.15) is 0 Å². The van der Waals surface area contributed by atoms with Gasteiger partial charge < -0.3 is 11.1 Å². The number of carbonyl (C=O) groups is 2. The number of carbonyl (C=O) groups excluding carboxylic acids is 2. The van der Waals surface area contributed by atoms with E-state index in [4.69, 9.17) is 10.9 Å². The number of sulfonamides is 1. The lowest BCUT2D eigenvalue weighted by molar-refractivity contribution is 0.0993. The molecule has 0 aliphatic heterocycles. The number of nitrogens with two attached hydrogens (primary N) is 2. The van der Waals surface area contributed by atoms with Crippen LogP contribution in [0, 0.1) is 0 Å². The van der Waals surface area contributed by atoms with Crippen LogP contribution >= 0.6 is 0 Å². The highest BCUT2D eigenvalue weighted by molar-refractivity contribution is 7.89. The van der Waals surface area contributed by atoms with E-state index in [-0.39, 0.29) is 21.9 Å². The molecule has 0 unspecified atom stereocenters. The van der Waals surface area contributed by atoms with E-state index < -0.39 is 15.9 Å². The summed E-state index contributed by atoms with van der Waals surface area (Å²) in [7, 11) is -3.90. The Labute approximate surface area is 224 Å². The largest absolute Gasteiger partial charge is 0.399 e. The highest BCUT2D eigenvalue weighted by atomic mass is 32.2. The Kier molecular flexibility index (Phi) is 6.80. The fourth-order valence-corrected chi connectivity index (χ4v) is 4.67. The van der Waals surface area contributed by atoms with Crippen molar-refractivity contribution in [1.29, 1.82) is 0 Å². The molecule has 0 fully saturated rings. The van der Waals surface area contributed by atoms with Crippen LogP contribution in [0.5, 0.6) is 0 Å². The second-order valence-corrected chi connectivity index (χ2v) is 10.2. The molecule has 4 aromatic carbocycles. The monoisotopic (exact) mass is 537 g/mol. The zero-order chi connectivity index (χ0) is 27.6. The first-order chi connectivity index (χ1) is 18.7. The third-order valence-electron chi connectivity index (χ3n) is 5.97. The van der Waals surface area contributed by atoms with Gasteiger partial charge in [-0.1, -0.05) is 66.7 Å². The summed E-state index contributed by atoms with van der Waals surface area (Å²) in [6.45, 7) is 0. The topological polar surface area (TPSA) is 150 Å². The van der Waals surface area contributed by atoms with Crippen molar-refractivity contribution in [3.63, 3.8) is 0 Å². The highest BCUT2D eigenvalue weighted by Crippen LogP contribution is 2.32. The van der Waals surface area contributed by atoms with E-state index in [9.17, 15) is 18.0 Å². The first-order valence-corrected chi connectivity index (χ1v) is 13.4. The van der Waals surface area contributed by atoms with E-state index in [2.05, 4.69) is 10.4 Å². The molecule has 5 aromatic rings. The lowest BCUT2D eigenvalue weighted by Gasteiger charge is -2.11. The van der Waals surface area contributed by atoms with Gasteiger partial charge in [-0.05, 0) is 42.5 Å². The van der Waals surface area contributed by atoms with Crippen LogP contribution < -0.4 is 16.2 Å². The zero-order valence-electron chi connectivity index (χ0n) is 20.5. The number of aromatic nitrogens is 2. The average Bonchev–Trinajstić information content (AvgIpc) is 3.34. The number of nitrogens with zero attached hydrogens (tertiary/aromatic N) is 2. The SMILES string of the molecule is Nc1cccc(-n2nc(C(=O)Nc3ccc(S(N)(=O)=O)cc3)c(C(=O)c3ccccc3)c2-c2ccccc2)c1. The second-order valence-electron chi connectivity index (χ2n) is 8.66. The van der Waals surface area contributed by atoms with E-state index >= 15 is 0 Å². The average molecular weight is 538 g/mol. The smallest absolute Gasteiger partial charge is 0.276 e. The molecule has 0 saturated heterocycles. The molecule has 194 valence electrons. The van der Waals surface area contributed by atoms with Crippen molar-refractivity contribution in [3.8, 4) is 16.9 Å². The van der Waals surface area contributed by atoms with Crippen LogP contribution in [0.3, 0.4) is 0 Å². The van der Waals surface area contributed by atoms with Crippen molar-refractivity contribution < 1.29 is 18.0 Å². The maximum Gasteiger partial charge on any atom is 0.276 e. The molecule has 0 bridgehead atoms. The number of nitrogen functional groups attached to an aromatic ring is 1. The fraction of sp³-hybridized carbons (Fsp3) is 0. The maximum absolute atomic E-state index is 13.9. The van der Waals surface area contributed by atoms with E-state index in [1.807, 2.05) is 30.3 Å². The summed E-state index contributed by atoms with van der Waals surface area (Å²) in [4.78, 5) is 27.5. The standard InChI is InChI=1S/C29H23N5O4S/c30-21-12-7-13-23(18-21)34-27(19-8-3-1-4-9-19)25(28(35)20-10-5-2-6-11-20)26(33-34)29(36)32-22-14-16-24(17-15-22)39(31,37)38/h1-18H,30H2,(H,32,36)(H2,31,37,38). The minimum atomic E-state index is -3.90. The molecule has 0 atom stereocenters. The molecule has 10 heteroatoms. The van der Waals surface area contributed by atoms with Gasteiger partial charge in [0.05, 0.1) is 21.8 Å². The van der Waals surface area contributed by atoms with Gasteiger partial charge in [-0.25, -0.2) is 18.2 Å². The molecule has 1 amide bonds. The predicted molar refractivity (Wildman–Crippen MR) is 149 cm³/mol. The van der Waals surface area contributed by atoms with E-state index in [1.54, 1.807) is 54.6 Å². The molecule has 0 radical (unpaired) electrons. The zero-order valence-corrected chi connectivity index (χ0v) is 21.3. The van der Waals surface area contributed by atoms with Gasteiger partial charge in [0, 0.05) is 22.5 Å². The Bertz CT molecular complexity index is 1780.